The quantitative estimate of drug-likeness (QED) is 0.167. The molecule has 2 unspecified atom stereocenters. The van der Waals surface area contributed by atoms with E-state index in [9.17, 15) is 0 Å². The molecule has 2 heterocycles. The van der Waals surface area contributed by atoms with Crippen molar-refractivity contribution in [3.8, 4) is 5.69 Å². The van der Waals surface area contributed by atoms with Crippen molar-refractivity contribution in [1.29, 1.82) is 0 Å². The van der Waals surface area contributed by atoms with Crippen molar-refractivity contribution in [2.75, 3.05) is 4.90 Å². The molecular formula is C43H34F6N2. The van der Waals surface area contributed by atoms with Crippen molar-refractivity contribution in [3.05, 3.63) is 160 Å². The molecule has 5 aromatic carbocycles. The number of alkyl halides is 6. The number of aryl methyl sites for hydroxylation is 3. The molecule has 2 atom stereocenters. The lowest BCUT2D eigenvalue weighted by molar-refractivity contribution is -0.288. The van der Waals surface area contributed by atoms with Gasteiger partial charge in [0.2, 0.25) is 5.41 Å². The standard InChI is InChI=1S/C43H34F6N2/c1-25-5-17-33-34-18-6-26(2)22-38(34)50(37(33)21-25)31-13-9-29(10-14-31)41(42(44,45)46,43(47,48)49)30-11-15-32(16-12-30)51-39-23-27(3)7-19-35(39)36-20-8-28(4)24-40(36)51/h5-24,33,37H,1-4H3. The van der Waals surface area contributed by atoms with Crippen LogP contribution in [-0.2, 0) is 5.41 Å². The fourth-order valence-corrected chi connectivity index (χ4v) is 8.17. The van der Waals surface area contributed by atoms with Gasteiger partial charge in [0.1, 0.15) is 0 Å². The van der Waals surface area contributed by atoms with Crippen molar-refractivity contribution in [2.45, 2.75) is 57.4 Å². The summed E-state index contributed by atoms with van der Waals surface area (Å²) in [6.45, 7) is 7.80. The minimum atomic E-state index is -5.70. The molecule has 2 aliphatic rings. The van der Waals surface area contributed by atoms with Gasteiger partial charge in [0, 0.05) is 33.8 Å². The fourth-order valence-electron chi connectivity index (χ4n) is 8.17. The van der Waals surface area contributed by atoms with Gasteiger partial charge in [-0.25, -0.2) is 0 Å². The number of hydrogen-bond acceptors (Lipinski definition) is 1. The van der Waals surface area contributed by atoms with Crippen LogP contribution < -0.4 is 4.90 Å². The zero-order valence-electron chi connectivity index (χ0n) is 28.4. The third-order valence-electron chi connectivity index (χ3n) is 10.5. The zero-order chi connectivity index (χ0) is 36.0. The van der Waals surface area contributed by atoms with Crippen molar-refractivity contribution in [2.24, 2.45) is 0 Å². The second-order valence-electron chi connectivity index (χ2n) is 13.9. The van der Waals surface area contributed by atoms with E-state index in [0.29, 0.717) is 11.4 Å². The van der Waals surface area contributed by atoms with E-state index in [-0.39, 0.29) is 12.0 Å². The van der Waals surface area contributed by atoms with Crippen LogP contribution >= 0.6 is 0 Å². The number of aromatic nitrogens is 1. The Morgan fingerprint density at radius 1 is 0.549 bits per heavy atom. The Kier molecular flexibility index (Phi) is 7.35. The first kappa shape index (κ1) is 32.9. The number of rotatable bonds is 4. The van der Waals surface area contributed by atoms with Crippen LogP contribution in [0.1, 0.15) is 46.2 Å². The van der Waals surface area contributed by atoms with E-state index in [2.05, 4.69) is 12.2 Å². The smallest absolute Gasteiger partial charge is 0.333 e. The van der Waals surface area contributed by atoms with Crippen LogP contribution in [0.5, 0.6) is 0 Å². The summed E-state index contributed by atoms with van der Waals surface area (Å²) in [7, 11) is 0. The molecule has 258 valence electrons. The Morgan fingerprint density at radius 3 is 1.57 bits per heavy atom. The highest BCUT2D eigenvalue weighted by molar-refractivity contribution is 6.09. The van der Waals surface area contributed by atoms with Crippen LogP contribution in [0.15, 0.2) is 127 Å². The highest BCUT2D eigenvalue weighted by Gasteiger charge is 2.72. The molecule has 0 saturated heterocycles. The van der Waals surface area contributed by atoms with E-state index >= 15 is 26.3 Å². The second kappa shape index (κ2) is 11.4. The first-order valence-corrected chi connectivity index (χ1v) is 16.8. The van der Waals surface area contributed by atoms with Gasteiger partial charge in [-0.05, 0) is 104 Å². The third-order valence-corrected chi connectivity index (χ3v) is 10.5. The molecule has 1 aromatic heterocycles. The van der Waals surface area contributed by atoms with E-state index in [0.717, 1.165) is 79.6 Å². The summed E-state index contributed by atoms with van der Waals surface area (Å²) in [6.07, 6.45) is -5.18. The molecule has 6 aromatic rings. The molecule has 0 radical (unpaired) electrons. The lowest BCUT2D eigenvalue weighted by Crippen LogP contribution is -2.54. The molecule has 0 fully saturated rings. The van der Waals surface area contributed by atoms with E-state index in [1.165, 1.54) is 24.3 Å². The molecule has 0 spiro atoms. The minimum Gasteiger partial charge on any atom is -0.333 e. The van der Waals surface area contributed by atoms with E-state index in [1.54, 1.807) is 0 Å². The molecule has 8 rings (SSSR count). The van der Waals surface area contributed by atoms with E-state index in [1.807, 2.05) is 97.8 Å². The van der Waals surface area contributed by atoms with Crippen molar-refractivity contribution >= 4 is 33.2 Å². The van der Waals surface area contributed by atoms with Gasteiger partial charge >= 0.3 is 12.4 Å². The maximum Gasteiger partial charge on any atom is 0.411 e. The minimum absolute atomic E-state index is 0.00861. The molecule has 1 aliphatic heterocycles. The summed E-state index contributed by atoms with van der Waals surface area (Å²) < 4.78 is 93.6. The van der Waals surface area contributed by atoms with Crippen LogP contribution in [0.2, 0.25) is 0 Å². The average Bonchev–Trinajstić information content (AvgIpc) is 3.55. The Morgan fingerprint density at radius 2 is 1.04 bits per heavy atom. The van der Waals surface area contributed by atoms with Gasteiger partial charge in [-0.15, -0.1) is 0 Å². The lowest BCUT2D eigenvalue weighted by atomic mass is 9.72. The predicted octanol–water partition coefficient (Wildman–Crippen LogP) is 12.2. The van der Waals surface area contributed by atoms with Gasteiger partial charge < -0.3 is 9.47 Å². The van der Waals surface area contributed by atoms with E-state index < -0.39 is 28.9 Å². The fraction of sp³-hybridized carbons (Fsp3) is 0.209. The second-order valence-corrected chi connectivity index (χ2v) is 13.9. The van der Waals surface area contributed by atoms with Crippen LogP contribution in [0.3, 0.4) is 0 Å². The highest BCUT2D eigenvalue weighted by Crippen LogP contribution is 2.57. The highest BCUT2D eigenvalue weighted by atomic mass is 19.4. The van der Waals surface area contributed by atoms with Gasteiger partial charge in [-0.3, -0.25) is 0 Å². The van der Waals surface area contributed by atoms with Gasteiger partial charge in [-0.1, -0.05) is 84.5 Å². The van der Waals surface area contributed by atoms with Crippen LogP contribution in [0, 0.1) is 20.8 Å². The van der Waals surface area contributed by atoms with Crippen molar-refractivity contribution in [3.63, 3.8) is 0 Å². The van der Waals surface area contributed by atoms with Crippen LogP contribution in [0.4, 0.5) is 37.7 Å². The van der Waals surface area contributed by atoms with Crippen LogP contribution in [-0.4, -0.2) is 23.0 Å². The Labute approximate surface area is 291 Å². The lowest BCUT2D eigenvalue weighted by Gasteiger charge is -2.38. The molecule has 51 heavy (non-hydrogen) atoms. The van der Waals surface area contributed by atoms with Gasteiger partial charge in [0.25, 0.3) is 0 Å². The van der Waals surface area contributed by atoms with Crippen LogP contribution in [0.25, 0.3) is 27.5 Å². The number of benzene rings is 5. The van der Waals surface area contributed by atoms with E-state index in [4.69, 9.17) is 0 Å². The molecule has 2 nitrogen and oxygen atoms in total. The summed E-state index contributed by atoms with van der Waals surface area (Å²) in [5.74, 6) is 0.00861. The first-order valence-electron chi connectivity index (χ1n) is 16.8. The number of halogens is 6. The monoisotopic (exact) mass is 692 g/mol. The Balaban J connectivity index is 1.26. The maximum absolute atomic E-state index is 15.3. The topological polar surface area (TPSA) is 8.17 Å². The zero-order valence-corrected chi connectivity index (χ0v) is 28.4. The Hall–Kier alpha value is -5.24. The summed E-state index contributed by atoms with van der Waals surface area (Å²) in [5, 5.41) is 1.88. The first-order chi connectivity index (χ1) is 24.2. The molecule has 0 saturated carbocycles. The Bertz CT molecular complexity index is 2320. The number of hydrogen-bond donors (Lipinski definition) is 0. The molecule has 8 heteroatoms. The molecule has 0 amide bonds. The predicted molar refractivity (Wildman–Crippen MR) is 192 cm³/mol. The average molecular weight is 693 g/mol. The van der Waals surface area contributed by atoms with Crippen molar-refractivity contribution < 1.29 is 26.3 Å². The summed E-state index contributed by atoms with van der Waals surface area (Å²) in [5.41, 5.74) is 2.49. The number of fused-ring (bicyclic) bond motifs is 6. The molecule has 1 aliphatic carbocycles. The molecular weight excluding hydrogens is 658 g/mol. The van der Waals surface area contributed by atoms with Gasteiger partial charge in [0.05, 0.1) is 17.1 Å². The number of anilines is 2. The largest absolute Gasteiger partial charge is 0.411 e. The number of allylic oxidation sites excluding steroid dienone is 2. The number of nitrogens with zero attached hydrogens (tertiary/aromatic N) is 2. The summed E-state index contributed by atoms with van der Waals surface area (Å²) in [4.78, 5) is 2.01. The maximum atomic E-state index is 15.3. The van der Waals surface area contributed by atoms with Gasteiger partial charge in [-0.2, -0.15) is 26.3 Å². The van der Waals surface area contributed by atoms with Gasteiger partial charge in [0.15, 0.2) is 0 Å². The molecule has 0 N–H and O–H groups in total. The normalized spacial score (nSPS) is 17.6. The summed E-state index contributed by atoms with van der Waals surface area (Å²) >= 11 is 0. The SMILES string of the molecule is CC1=CC2C(C=C1)c1ccc(C)cc1N2c1ccc(C(c2ccc(-n3c4cc(C)ccc4c4ccc(C)cc43)cc2)(C(F)(F)F)C(F)(F)F)cc1. The van der Waals surface area contributed by atoms with Crippen molar-refractivity contribution in [1.82, 2.24) is 4.57 Å². The summed E-state index contributed by atoms with van der Waals surface area (Å²) in [6, 6.07) is 27.2. The third kappa shape index (κ3) is 4.94. The molecule has 0 bridgehead atoms.